The highest BCUT2D eigenvalue weighted by Gasteiger charge is 2.27. The van der Waals surface area contributed by atoms with Gasteiger partial charge in [-0.25, -0.2) is 4.98 Å². The molecule has 0 saturated heterocycles. The Morgan fingerprint density at radius 1 is 1.26 bits per heavy atom. The van der Waals surface area contributed by atoms with E-state index < -0.39 is 17.9 Å². The fourth-order valence-corrected chi connectivity index (χ4v) is 3.41. The van der Waals surface area contributed by atoms with Crippen LogP contribution in [0.15, 0.2) is 51.6 Å². The number of thiophene rings is 1. The van der Waals surface area contributed by atoms with Crippen molar-refractivity contribution >= 4 is 23.2 Å². The lowest BCUT2D eigenvalue weighted by Crippen LogP contribution is -2.36. The van der Waals surface area contributed by atoms with E-state index >= 15 is 0 Å². The minimum atomic E-state index is -0.971. The van der Waals surface area contributed by atoms with Gasteiger partial charge >= 0.3 is 5.97 Å². The fraction of sp³-hybridized carbons (Fsp3) is 0.250. The zero-order valence-corrected chi connectivity index (χ0v) is 15.8. The number of nitrogens with one attached hydrogen (secondary N) is 1. The molecule has 0 aliphatic heterocycles. The molecule has 0 bridgehead atoms. The van der Waals surface area contributed by atoms with Gasteiger partial charge in [0.2, 0.25) is 11.8 Å². The summed E-state index contributed by atoms with van der Waals surface area (Å²) < 4.78 is 5.66. The molecule has 1 aromatic carbocycles. The number of benzene rings is 1. The van der Waals surface area contributed by atoms with Crippen molar-refractivity contribution in [2.45, 2.75) is 26.3 Å². The molecule has 2 unspecified atom stereocenters. The minimum absolute atomic E-state index is 0.0230. The van der Waals surface area contributed by atoms with Crippen molar-refractivity contribution in [3.63, 3.8) is 0 Å². The Labute approximate surface area is 160 Å². The van der Waals surface area contributed by atoms with Crippen LogP contribution in [-0.4, -0.2) is 22.0 Å². The first-order valence-electron chi connectivity index (χ1n) is 8.51. The monoisotopic (exact) mass is 384 g/mol. The second-order valence-electron chi connectivity index (χ2n) is 6.29. The van der Waals surface area contributed by atoms with E-state index in [0.29, 0.717) is 17.3 Å². The number of carbonyl (C=O) groups excluding carboxylic acids is 1. The molecule has 2 heterocycles. The average molecular weight is 384 g/mol. The van der Waals surface area contributed by atoms with E-state index in [-0.39, 0.29) is 12.3 Å². The topological polar surface area (TPSA) is 92.4 Å². The molecule has 0 aliphatic carbocycles. The van der Waals surface area contributed by atoms with Gasteiger partial charge in [-0.1, -0.05) is 30.3 Å². The molecule has 3 rings (SSSR count). The van der Waals surface area contributed by atoms with Crippen LogP contribution < -0.4 is 5.32 Å². The third kappa shape index (κ3) is 4.43. The van der Waals surface area contributed by atoms with Gasteiger partial charge in [-0.3, -0.25) is 9.59 Å². The Morgan fingerprint density at radius 2 is 2.00 bits per heavy atom. The standard InChI is InChI=1S/C20H20N2O4S/c1-12(20(24)25)18(14-6-4-3-5-7-14)22-17(23)10-16-13(2)26-19(21-16)15-8-9-27-11-15/h3-9,11-12,18H,10H2,1-2H3,(H,22,23)(H,24,25). The van der Waals surface area contributed by atoms with E-state index in [2.05, 4.69) is 10.3 Å². The predicted octanol–water partition coefficient (Wildman–Crippen LogP) is 3.83. The maximum atomic E-state index is 12.6. The summed E-state index contributed by atoms with van der Waals surface area (Å²) in [6.45, 7) is 3.34. The van der Waals surface area contributed by atoms with Crippen molar-refractivity contribution in [1.82, 2.24) is 10.3 Å². The van der Waals surface area contributed by atoms with E-state index in [1.807, 2.05) is 35.0 Å². The number of oxazole rings is 1. The molecule has 2 N–H and O–H groups in total. The number of rotatable bonds is 7. The first-order valence-corrected chi connectivity index (χ1v) is 9.46. The van der Waals surface area contributed by atoms with Gasteiger partial charge in [-0.05, 0) is 30.9 Å². The normalized spacial score (nSPS) is 13.1. The second-order valence-corrected chi connectivity index (χ2v) is 7.07. The highest BCUT2D eigenvalue weighted by atomic mass is 32.1. The van der Waals surface area contributed by atoms with Crippen LogP contribution in [-0.2, 0) is 16.0 Å². The van der Waals surface area contributed by atoms with Crippen LogP contribution in [0.3, 0.4) is 0 Å². The van der Waals surface area contributed by atoms with E-state index in [4.69, 9.17) is 4.42 Å². The van der Waals surface area contributed by atoms with Crippen molar-refractivity contribution in [3.05, 3.63) is 64.2 Å². The summed E-state index contributed by atoms with van der Waals surface area (Å²) in [6.07, 6.45) is 0.0230. The molecule has 0 radical (unpaired) electrons. The van der Waals surface area contributed by atoms with Crippen LogP contribution in [0.5, 0.6) is 0 Å². The van der Waals surface area contributed by atoms with Gasteiger partial charge in [0, 0.05) is 10.9 Å². The smallest absolute Gasteiger partial charge is 0.308 e. The van der Waals surface area contributed by atoms with Gasteiger partial charge in [0.05, 0.1) is 24.1 Å². The number of carbonyl (C=O) groups is 2. The first-order chi connectivity index (χ1) is 13.0. The molecule has 27 heavy (non-hydrogen) atoms. The van der Waals surface area contributed by atoms with Gasteiger partial charge in [-0.15, -0.1) is 0 Å². The Balaban J connectivity index is 1.76. The number of nitrogens with zero attached hydrogens (tertiary/aromatic N) is 1. The number of carboxylic acids is 1. The van der Waals surface area contributed by atoms with Crippen molar-refractivity contribution in [1.29, 1.82) is 0 Å². The van der Waals surface area contributed by atoms with Gasteiger partial charge in [0.15, 0.2) is 0 Å². The summed E-state index contributed by atoms with van der Waals surface area (Å²) in [4.78, 5) is 28.5. The molecule has 6 nitrogen and oxygen atoms in total. The largest absolute Gasteiger partial charge is 0.481 e. The van der Waals surface area contributed by atoms with Crippen molar-refractivity contribution < 1.29 is 19.1 Å². The third-order valence-electron chi connectivity index (χ3n) is 4.35. The summed E-state index contributed by atoms with van der Waals surface area (Å²) in [5.41, 5.74) is 2.16. The SMILES string of the molecule is Cc1oc(-c2ccsc2)nc1CC(=O)NC(c1ccccc1)C(C)C(=O)O. The summed E-state index contributed by atoms with van der Waals surface area (Å²) in [5, 5.41) is 16.1. The number of aryl methyl sites for hydroxylation is 1. The molecule has 7 heteroatoms. The molecule has 140 valence electrons. The molecule has 2 aromatic heterocycles. The first kappa shape index (κ1) is 18.8. The van der Waals surface area contributed by atoms with Crippen molar-refractivity contribution in [3.8, 4) is 11.5 Å². The summed E-state index contributed by atoms with van der Waals surface area (Å²) >= 11 is 1.54. The highest BCUT2D eigenvalue weighted by Crippen LogP contribution is 2.25. The molecule has 3 aromatic rings. The van der Waals surface area contributed by atoms with Gasteiger partial charge < -0.3 is 14.8 Å². The van der Waals surface area contributed by atoms with E-state index in [0.717, 1.165) is 11.1 Å². The maximum Gasteiger partial charge on any atom is 0.308 e. The zero-order chi connectivity index (χ0) is 19.4. The Bertz CT molecular complexity index is 919. The second kappa shape index (κ2) is 8.18. The van der Waals surface area contributed by atoms with Crippen LogP contribution in [0.4, 0.5) is 0 Å². The van der Waals surface area contributed by atoms with Gasteiger partial charge in [0.25, 0.3) is 0 Å². The van der Waals surface area contributed by atoms with E-state index in [1.165, 1.54) is 0 Å². The van der Waals surface area contributed by atoms with E-state index in [9.17, 15) is 14.7 Å². The lowest BCUT2D eigenvalue weighted by atomic mass is 9.94. The van der Waals surface area contributed by atoms with Crippen LogP contribution in [0.25, 0.3) is 11.5 Å². The number of hydrogen-bond acceptors (Lipinski definition) is 5. The molecule has 1 amide bonds. The molecular weight excluding hydrogens is 364 g/mol. The molecule has 0 saturated carbocycles. The lowest BCUT2D eigenvalue weighted by molar-refractivity contribution is -0.142. The van der Waals surface area contributed by atoms with Crippen molar-refractivity contribution in [2.24, 2.45) is 5.92 Å². The third-order valence-corrected chi connectivity index (χ3v) is 5.04. The van der Waals surface area contributed by atoms with Crippen LogP contribution in [0.1, 0.15) is 30.0 Å². The van der Waals surface area contributed by atoms with Crippen LogP contribution in [0.2, 0.25) is 0 Å². The Hall–Kier alpha value is -2.93. The average Bonchev–Trinajstić information content (AvgIpc) is 3.30. The summed E-state index contributed by atoms with van der Waals surface area (Å²) in [7, 11) is 0. The summed E-state index contributed by atoms with van der Waals surface area (Å²) in [6, 6.07) is 10.4. The number of aromatic nitrogens is 1. The number of amides is 1. The molecule has 0 aliphatic rings. The van der Waals surface area contributed by atoms with Crippen LogP contribution in [0, 0.1) is 12.8 Å². The maximum absolute atomic E-state index is 12.6. The Kier molecular flexibility index (Phi) is 5.71. The van der Waals surface area contributed by atoms with E-state index in [1.54, 1.807) is 37.3 Å². The molecule has 0 fully saturated rings. The predicted molar refractivity (Wildman–Crippen MR) is 102 cm³/mol. The number of carboxylic acid groups (broad SMARTS) is 1. The minimum Gasteiger partial charge on any atom is -0.481 e. The fourth-order valence-electron chi connectivity index (χ4n) is 2.78. The zero-order valence-electron chi connectivity index (χ0n) is 15.0. The lowest BCUT2D eigenvalue weighted by Gasteiger charge is -2.22. The van der Waals surface area contributed by atoms with Gasteiger partial charge in [0.1, 0.15) is 5.76 Å². The molecular formula is C20H20N2O4S. The van der Waals surface area contributed by atoms with Crippen LogP contribution >= 0.6 is 11.3 Å². The number of aliphatic carboxylic acids is 1. The summed E-state index contributed by atoms with van der Waals surface area (Å²) in [5.74, 6) is -0.980. The van der Waals surface area contributed by atoms with Crippen molar-refractivity contribution in [2.75, 3.05) is 0 Å². The number of hydrogen-bond donors (Lipinski definition) is 2. The molecule has 2 atom stereocenters. The Morgan fingerprint density at radius 3 is 2.63 bits per heavy atom. The quantitative estimate of drug-likeness (QED) is 0.646. The molecule has 0 spiro atoms. The van der Waals surface area contributed by atoms with Gasteiger partial charge in [-0.2, -0.15) is 11.3 Å². The highest BCUT2D eigenvalue weighted by molar-refractivity contribution is 7.08.